The molecule has 0 saturated heterocycles. The van der Waals surface area contributed by atoms with E-state index in [1.54, 1.807) is 0 Å². The van der Waals surface area contributed by atoms with E-state index in [-0.39, 0.29) is 9.26 Å². The lowest BCUT2D eigenvalue weighted by molar-refractivity contribution is -0.276. The molecule has 0 aromatic carbocycles. The average molecular weight is 354 g/mol. The van der Waals surface area contributed by atoms with Crippen molar-refractivity contribution in [3.05, 3.63) is 15.3 Å². The van der Waals surface area contributed by atoms with Gasteiger partial charge in [0.2, 0.25) is 5.88 Å². The topological polar surface area (TPSA) is 48.1 Å². The lowest BCUT2D eigenvalue weighted by Crippen LogP contribution is -2.19. The van der Waals surface area contributed by atoms with Crippen molar-refractivity contribution in [2.24, 2.45) is 0 Å². The molecule has 1 heterocycles. The van der Waals surface area contributed by atoms with Gasteiger partial charge >= 0.3 is 6.36 Å². The zero-order chi connectivity index (χ0) is 12.5. The van der Waals surface area contributed by atoms with Gasteiger partial charge in [-0.05, 0) is 28.7 Å². The van der Waals surface area contributed by atoms with Gasteiger partial charge in [-0.15, -0.1) is 13.2 Å². The normalized spacial score (nSPS) is 11.9. The van der Waals surface area contributed by atoms with Crippen LogP contribution in [0.4, 0.5) is 27.6 Å². The van der Waals surface area contributed by atoms with Gasteiger partial charge in [-0.3, -0.25) is 0 Å². The van der Waals surface area contributed by atoms with Crippen molar-refractivity contribution in [1.82, 2.24) is 4.98 Å². The van der Waals surface area contributed by atoms with E-state index in [1.807, 2.05) is 0 Å². The van der Waals surface area contributed by atoms with Gasteiger partial charge in [-0.25, -0.2) is 13.8 Å². The number of hydrogen-bond donors (Lipinski definition) is 1. The van der Waals surface area contributed by atoms with Crippen LogP contribution in [0.2, 0.25) is 0 Å². The second kappa shape index (κ2) is 4.55. The van der Waals surface area contributed by atoms with Crippen molar-refractivity contribution in [3.63, 3.8) is 0 Å². The highest BCUT2D eigenvalue weighted by Crippen LogP contribution is 2.32. The first kappa shape index (κ1) is 13.2. The molecule has 1 rings (SSSR count). The monoisotopic (exact) mass is 354 g/mol. The Kier molecular flexibility index (Phi) is 3.76. The van der Waals surface area contributed by atoms with Crippen LogP contribution in [0.1, 0.15) is 12.1 Å². The third-order valence-electron chi connectivity index (χ3n) is 1.41. The number of ether oxygens (including phenoxy) is 1. The zero-order valence-electron chi connectivity index (χ0n) is 7.36. The maximum atomic E-state index is 12.2. The van der Waals surface area contributed by atoms with Crippen LogP contribution in [-0.4, -0.2) is 11.3 Å². The summed E-state index contributed by atoms with van der Waals surface area (Å²) in [6, 6.07) is 0.801. The molecule has 0 amide bonds. The minimum Gasteiger partial charge on any atom is -0.398 e. The van der Waals surface area contributed by atoms with Crippen molar-refractivity contribution in [2.45, 2.75) is 12.8 Å². The molecular formula is C7H4F5IN2O. The first-order valence-electron chi connectivity index (χ1n) is 3.70. The predicted molar refractivity (Wildman–Crippen MR) is 53.0 cm³/mol. The minimum absolute atomic E-state index is 0.167. The van der Waals surface area contributed by atoms with Gasteiger partial charge in [0.15, 0.2) is 0 Å². The summed E-state index contributed by atoms with van der Waals surface area (Å²) < 4.78 is 63.4. The fraction of sp³-hybridized carbons (Fsp3) is 0.286. The Hall–Kier alpha value is -0.870. The largest absolute Gasteiger partial charge is 0.574 e. The Morgan fingerprint density at radius 3 is 2.38 bits per heavy atom. The number of anilines is 1. The van der Waals surface area contributed by atoms with E-state index in [2.05, 4.69) is 9.72 Å². The number of pyridine rings is 1. The SMILES string of the molecule is Nc1cc(C(F)F)nc(OC(F)(F)F)c1I. The molecule has 0 bridgehead atoms. The fourth-order valence-corrected chi connectivity index (χ4v) is 1.22. The molecule has 0 unspecified atom stereocenters. The van der Waals surface area contributed by atoms with E-state index < -0.39 is 24.4 Å². The van der Waals surface area contributed by atoms with Crippen LogP contribution in [0.3, 0.4) is 0 Å². The van der Waals surface area contributed by atoms with Crippen LogP contribution in [0.25, 0.3) is 0 Å². The van der Waals surface area contributed by atoms with E-state index in [0.717, 1.165) is 6.07 Å². The van der Waals surface area contributed by atoms with Crippen molar-refractivity contribution < 1.29 is 26.7 Å². The van der Waals surface area contributed by atoms with Gasteiger partial charge in [0.1, 0.15) is 5.69 Å². The fourth-order valence-electron chi connectivity index (χ4n) is 0.834. The van der Waals surface area contributed by atoms with Crippen molar-refractivity contribution in [1.29, 1.82) is 0 Å². The molecule has 3 nitrogen and oxygen atoms in total. The number of rotatable bonds is 2. The molecule has 90 valence electrons. The quantitative estimate of drug-likeness (QED) is 0.656. The number of halogens is 6. The first-order valence-corrected chi connectivity index (χ1v) is 4.78. The lowest BCUT2D eigenvalue weighted by Gasteiger charge is -2.12. The smallest absolute Gasteiger partial charge is 0.398 e. The highest BCUT2D eigenvalue weighted by molar-refractivity contribution is 14.1. The van der Waals surface area contributed by atoms with Crippen LogP contribution < -0.4 is 10.5 Å². The Morgan fingerprint density at radius 1 is 1.38 bits per heavy atom. The number of aromatic nitrogens is 1. The number of nitrogens with zero attached hydrogens (tertiary/aromatic N) is 1. The summed E-state index contributed by atoms with van der Waals surface area (Å²) in [4.78, 5) is 3.04. The molecule has 0 aliphatic heterocycles. The minimum atomic E-state index is -5.00. The second-order valence-electron chi connectivity index (χ2n) is 2.60. The first-order chi connectivity index (χ1) is 7.20. The summed E-state index contributed by atoms with van der Waals surface area (Å²) >= 11 is 1.43. The Bertz CT molecular complexity index is 395. The molecule has 0 saturated carbocycles. The van der Waals surface area contributed by atoms with Gasteiger partial charge < -0.3 is 10.5 Å². The molecule has 0 radical (unpaired) electrons. The summed E-state index contributed by atoms with van der Waals surface area (Å²) in [6.07, 6.45) is -8.02. The molecule has 2 N–H and O–H groups in total. The zero-order valence-corrected chi connectivity index (χ0v) is 9.51. The lowest BCUT2D eigenvalue weighted by atomic mass is 10.3. The summed E-state index contributed by atoms with van der Waals surface area (Å²) in [5.41, 5.74) is 4.14. The van der Waals surface area contributed by atoms with Gasteiger partial charge in [0.25, 0.3) is 6.43 Å². The van der Waals surface area contributed by atoms with Crippen molar-refractivity contribution >= 4 is 28.3 Å². The summed E-state index contributed by atoms with van der Waals surface area (Å²) in [5, 5.41) is 0. The van der Waals surface area contributed by atoms with E-state index in [9.17, 15) is 22.0 Å². The van der Waals surface area contributed by atoms with E-state index >= 15 is 0 Å². The van der Waals surface area contributed by atoms with E-state index in [0.29, 0.717) is 0 Å². The van der Waals surface area contributed by atoms with Crippen LogP contribution in [0, 0.1) is 3.57 Å². The van der Waals surface area contributed by atoms with E-state index in [4.69, 9.17) is 5.73 Å². The predicted octanol–water partition coefficient (Wildman–Crippen LogP) is 3.10. The Labute approximate surface area is 99.9 Å². The van der Waals surface area contributed by atoms with Crippen LogP contribution in [-0.2, 0) is 0 Å². The number of nitrogen functional groups attached to an aromatic ring is 1. The molecule has 16 heavy (non-hydrogen) atoms. The molecule has 0 fully saturated rings. The molecular weight excluding hydrogens is 350 g/mol. The number of alkyl halides is 5. The van der Waals surface area contributed by atoms with Gasteiger partial charge in [-0.2, -0.15) is 0 Å². The molecule has 1 aromatic rings. The Balaban J connectivity index is 3.17. The number of nitrogens with two attached hydrogens (primary N) is 1. The van der Waals surface area contributed by atoms with Gasteiger partial charge in [0, 0.05) is 0 Å². The summed E-state index contributed by atoms with van der Waals surface area (Å²) in [7, 11) is 0. The highest BCUT2D eigenvalue weighted by Gasteiger charge is 2.33. The standard InChI is InChI=1S/C7H4F5IN2O/c8-5(9)3-1-2(14)4(13)6(15-3)16-7(10,11)12/h1,5H,(H2,14,15). The van der Waals surface area contributed by atoms with Crippen LogP contribution in [0.5, 0.6) is 5.88 Å². The highest BCUT2D eigenvalue weighted by atomic mass is 127. The number of hydrogen-bond acceptors (Lipinski definition) is 3. The molecule has 0 spiro atoms. The molecule has 9 heteroatoms. The average Bonchev–Trinajstić information content (AvgIpc) is 2.10. The van der Waals surface area contributed by atoms with E-state index in [1.165, 1.54) is 22.6 Å². The van der Waals surface area contributed by atoms with Crippen LogP contribution >= 0.6 is 22.6 Å². The molecule has 0 aliphatic carbocycles. The summed E-state index contributed by atoms with van der Waals surface area (Å²) in [6.45, 7) is 0. The molecule has 0 atom stereocenters. The van der Waals surface area contributed by atoms with Crippen molar-refractivity contribution in [2.75, 3.05) is 5.73 Å². The third kappa shape index (κ3) is 3.32. The van der Waals surface area contributed by atoms with Crippen molar-refractivity contribution in [3.8, 4) is 5.88 Å². The van der Waals surface area contributed by atoms with Gasteiger partial charge in [0.05, 0.1) is 9.26 Å². The molecule has 1 aromatic heterocycles. The third-order valence-corrected chi connectivity index (χ3v) is 2.50. The Morgan fingerprint density at radius 2 is 1.94 bits per heavy atom. The summed E-state index contributed by atoms with van der Waals surface area (Å²) in [5.74, 6) is -0.969. The second-order valence-corrected chi connectivity index (χ2v) is 3.68. The van der Waals surface area contributed by atoms with Crippen LogP contribution in [0.15, 0.2) is 6.07 Å². The molecule has 0 aliphatic rings. The maximum absolute atomic E-state index is 12.2. The van der Waals surface area contributed by atoms with Gasteiger partial charge in [-0.1, -0.05) is 0 Å². The maximum Gasteiger partial charge on any atom is 0.574 e.